The number of rotatable bonds is 3. The first-order valence-corrected chi connectivity index (χ1v) is 8.04. The van der Waals surface area contributed by atoms with Crippen LogP contribution < -0.4 is 0 Å². The van der Waals surface area contributed by atoms with E-state index in [9.17, 15) is 17.6 Å². The molecule has 1 aromatic rings. The highest BCUT2D eigenvalue weighted by Crippen LogP contribution is 2.40. The van der Waals surface area contributed by atoms with Crippen LogP contribution in [0.2, 0.25) is 0 Å². The molecule has 2 rings (SSSR count). The van der Waals surface area contributed by atoms with Crippen molar-refractivity contribution in [1.29, 1.82) is 0 Å². The number of alkyl halides is 3. The molecule has 1 aliphatic heterocycles. The van der Waals surface area contributed by atoms with E-state index in [-0.39, 0.29) is 11.3 Å². The van der Waals surface area contributed by atoms with E-state index in [0.29, 0.717) is 11.5 Å². The average Bonchev–Trinajstić information content (AvgIpc) is 2.64. The van der Waals surface area contributed by atoms with E-state index >= 15 is 0 Å². The quantitative estimate of drug-likeness (QED) is 0.474. The van der Waals surface area contributed by atoms with Crippen LogP contribution in [-0.4, -0.2) is 24.1 Å². The second-order valence-electron chi connectivity index (χ2n) is 6.69. The Morgan fingerprint density at radius 3 is 2.17 bits per heavy atom. The third-order valence-corrected chi connectivity index (χ3v) is 4.77. The van der Waals surface area contributed by atoms with Crippen molar-refractivity contribution in [1.82, 2.24) is 0 Å². The number of hydrogen-bond acceptors (Lipinski definition) is 3. The highest BCUT2D eigenvalue weighted by Gasteiger charge is 2.52. The fraction of sp³-hybridized carbons (Fsp3) is 0.500. The van der Waals surface area contributed by atoms with E-state index in [1.165, 1.54) is 6.08 Å². The van der Waals surface area contributed by atoms with Crippen LogP contribution in [0.1, 0.15) is 38.8 Å². The van der Waals surface area contributed by atoms with Crippen LogP contribution in [0, 0.1) is 5.82 Å². The summed E-state index contributed by atoms with van der Waals surface area (Å²) in [6.07, 6.45) is -3.36. The Kier molecular flexibility index (Phi) is 5.15. The molecular weight excluding hydrogens is 343 g/mol. The lowest BCUT2D eigenvalue weighted by Crippen LogP contribution is -2.41. The maximum atomic E-state index is 13.2. The normalized spacial score (nSPS) is 20.5. The molecule has 1 aromatic carbocycles. The lowest BCUT2D eigenvalue weighted by Gasteiger charge is -2.32. The van der Waals surface area contributed by atoms with Crippen LogP contribution in [0.4, 0.5) is 17.6 Å². The van der Waals surface area contributed by atoms with Crippen LogP contribution in [0.5, 0.6) is 0 Å². The molecule has 0 spiro atoms. The van der Waals surface area contributed by atoms with E-state index in [4.69, 9.17) is 9.31 Å². The minimum atomic E-state index is -4.66. The van der Waals surface area contributed by atoms with Crippen molar-refractivity contribution in [2.24, 2.45) is 0 Å². The molecule has 132 valence electrons. The van der Waals surface area contributed by atoms with Crippen molar-refractivity contribution >= 4 is 25.8 Å². The molecule has 0 aliphatic carbocycles. The molecule has 0 amide bonds. The SMILES string of the molecule is CC1(C)OB(C(=Cc2ccc(F)cc2C(F)(F)F)CS)OC1(C)C. The Balaban J connectivity index is 2.43. The van der Waals surface area contributed by atoms with E-state index < -0.39 is 35.9 Å². The Labute approximate surface area is 144 Å². The molecule has 0 unspecified atom stereocenters. The second kappa shape index (κ2) is 6.39. The molecule has 1 heterocycles. The van der Waals surface area contributed by atoms with Crippen LogP contribution in [-0.2, 0) is 15.5 Å². The van der Waals surface area contributed by atoms with E-state index in [1.807, 2.05) is 27.7 Å². The van der Waals surface area contributed by atoms with Crippen molar-refractivity contribution in [3.05, 3.63) is 40.6 Å². The fourth-order valence-electron chi connectivity index (χ4n) is 2.28. The monoisotopic (exact) mass is 362 g/mol. The van der Waals surface area contributed by atoms with Gasteiger partial charge in [-0.05, 0) is 50.9 Å². The highest BCUT2D eigenvalue weighted by atomic mass is 32.1. The number of hydrogen-bond donors (Lipinski definition) is 1. The molecule has 0 atom stereocenters. The molecule has 2 nitrogen and oxygen atoms in total. The third kappa shape index (κ3) is 3.81. The van der Waals surface area contributed by atoms with Gasteiger partial charge in [0.05, 0.1) is 16.8 Å². The van der Waals surface area contributed by atoms with Gasteiger partial charge >= 0.3 is 13.3 Å². The van der Waals surface area contributed by atoms with Gasteiger partial charge in [0.15, 0.2) is 0 Å². The van der Waals surface area contributed by atoms with E-state index in [0.717, 1.165) is 12.1 Å². The molecular formula is C16H19BF4O2S. The van der Waals surface area contributed by atoms with E-state index in [1.54, 1.807) is 0 Å². The standard InChI is InChI=1S/C16H19BF4O2S/c1-14(2)15(3,4)23-17(22-14)11(9-24)7-10-5-6-12(18)8-13(10)16(19,20)21/h5-8,24H,9H2,1-4H3. The summed E-state index contributed by atoms with van der Waals surface area (Å²) in [6.45, 7) is 7.40. The summed E-state index contributed by atoms with van der Waals surface area (Å²) in [4.78, 5) is 0. The molecule has 1 fully saturated rings. The summed E-state index contributed by atoms with van der Waals surface area (Å²) >= 11 is 4.18. The molecule has 0 radical (unpaired) electrons. The molecule has 0 bridgehead atoms. The summed E-state index contributed by atoms with van der Waals surface area (Å²) in [7, 11) is -0.807. The molecule has 0 saturated carbocycles. The van der Waals surface area contributed by atoms with Gasteiger partial charge in [-0.25, -0.2) is 4.39 Å². The van der Waals surface area contributed by atoms with Gasteiger partial charge in [0.25, 0.3) is 0 Å². The van der Waals surface area contributed by atoms with Gasteiger partial charge in [-0.1, -0.05) is 12.1 Å². The molecule has 0 N–H and O–H groups in total. The molecule has 8 heteroatoms. The predicted octanol–water partition coefficient (Wildman–Crippen LogP) is 4.79. The van der Waals surface area contributed by atoms with Crippen LogP contribution >= 0.6 is 12.6 Å². The van der Waals surface area contributed by atoms with Gasteiger partial charge in [0.1, 0.15) is 5.82 Å². The highest BCUT2D eigenvalue weighted by molar-refractivity contribution is 7.80. The summed E-state index contributed by atoms with van der Waals surface area (Å²) in [6, 6.07) is 2.56. The average molecular weight is 362 g/mol. The summed E-state index contributed by atoms with van der Waals surface area (Å²) < 4.78 is 64.3. The zero-order valence-electron chi connectivity index (χ0n) is 13.9. The summed E-state index contributed by atoms with van der Waals surface area (Å²) in [5, 5.41) is 0. The van der Waals surface area contributed by atoms with Gasteiger partial charge < -0.3 is 9.31 Å². The lowest BCUT2D eigenvalue weighted by atomic mass is 9.78. The summed E-state index contributed by atoms with van der Waals surface area (Å²) in [5.74, 6) is -0.798. The molecule has 24 heavy (non-hydrogen) atoms. The van der Waals surface area contributed by atoms with E-state index in [2.05, 4.69) is 12.6 Å². The maximum Gasteiger partial charge on any atom is 0.491 e. The minimum Gasteiger partial charge on any atom is -0.400 e. The van der Waals surface area contributed by atoms with Crippen molar-refractivity contribution in [2.45, 2.75) is 45.1 Å². The number of benzene rings is 1. The number of halogens is 4. The van der Waals surface area contributed by atoms with Gasteiger partial charge in [0.2, 0.25) is 0 Å². The van der Waals surface area contributed by atoms with Crippen molar-refractivity contribution in [3.63, 3.8) is 0 Å². The molecule has 0 aromatic heterocycles. The number of thiol groups is 1. The van der Waals surface area contributed by atoms with Gasteiger partial charge in [-0.15, -0.1) is 0 Å². The lowest BCUT2D eigenvalue weighted by molar-refractivity contribution is -0.137. The minimum absolute atomic E-state index is 0.144. The predicted molar refractivity (Wildman–Crippen MR) is 89.3 cm³/mol. The van der Waals surface area contributed by atoms with Gasteiger partial charge in [0, 0.05) is 5.75 Å². The van der Waals surface area contributed by atoms with Gasteiger partial charge in [-0.2, -0.15) is 25.8 Å². The smallest absolute Gasteiger partial charge is 0.400 e. The molecule has 1 saturated heterocycles. The third-order valence-electron chi connectivity index (χ3n) is 4.40. The Morgan fingerprint density at radius 2 is 1.71 bits per heavy atom. The Hall–Kier alpha value is -0.985. The Bertz CT molecular complexity index is 640. The molecule has 1 aliphatic rings. The van der Waals surface area contributed by atoms with Crippen LogP contribution in [0.15, 0.2) is 23.7 Å². The van der Waals surface area contributed by atoms with Gasteiger partial charge in [-0.3, -0.25) is 0 Å². The van der Waals surface area contributed by atoms with Crippen molar-refractivity contribution < 1.29 is 26.9 Å². The zero-order chi connectivity index (χ0) is 18.3. The van der Waals surface area contributed by atoms with Crippen molar-refractivity contribution in [2.75, 3.05) is 5.75 Å². The summed E-state index contributed by atoms with van der Waals surface area (Å²) in [5.41, 5.74) is -1.99. The first-order valence-electron chi connectivity index (χ1n) is 7.41. The van der Waals surface area contributed by atoms with Crippen molar-refractivity contribution in [3.8, 4) is 0 Å². The topological polar surface area (TPSA) is 18.5 Å². The second-order valence-corrected chi connectivity index (χ2v) is 7.01. The zero-order valence-corrected chi connectivity index (χ0v) is 14.8. The van der Waals surface area contributed by atoms with Crippen LogP contribution in [0.3, 0.4) is 0 Å². The first kappa shape index (κ1) is 19.3. The largest absolute Gasteiger partial charge is 0.491 e. The fourth-order valence-corrected chi connectivity index (χ4v) is 2.52. The van der Waals surface area contributed by atoms with Crippen LogP contribution in [0.25, 0.3) is 6.08 Å². The Morgan fingerprint density at radius 1 is 1.17 bits per heavy atom. The first-order chi connectivity index (χ1) is 10.9. The maximum absolute atomic E-state index is 13.2.